The Balaban J connectivity index is 1.89. The third kappa shape index (κ3) is 2.06. The Morgan fingerprint density at radius 1 is 1.29 bits per heavy atom. The molecule has 1 aliphatic heterocycles. The minimum absolute atomic E-state index is 0.322. The van der Waals surface area contributed by atoms with Crippen LogP contribution in [0, 0.1) is 6.92 Å². The summed E-state index contributed by atoms with van der Waals surface area (Å²) in [5.74, 6) is 0.912. The van der Waals surface area contributed by atoms with Gasteiger partial charge in [0.1, 0.15) is 5.82 Å². The van der Waals surface area contributed by atoms with Gasteiger partial charge in [0.25, 0.3) is 0 Å². The van der Waals surface area contributed by atoms with Crippen molar-refractivity contribution in [2.24, 2.45) is 0 Å². The molecule has 1 saturated carbocycles. The summed E-state index contributed by atoms with van der Waals surface area (Å²) in [6.45, 7) is 5.25. The highest BCUT2D eigenvalue weighted by Gasteiger charge is 2.41. The van der Waals surface area contributed by atoms with Crippen LogP contribution in [0.25, 0.3) is 0 Å². The molecule has 0 amide bonds. The predicted molar refractivity (Wildman–Crippen MR) is 70.7 cm³/mol. The van der Waals surface area contributed by atoms with Gasteiger partial charge in [-0.2, -0.15) is 4.37 Å². The van der Waals surface area contributed by atoms with Crippen LogP contribution in [0.1, 0.15) is 37.9 Å². The van der Waals surface area contributed by atoms with Gasteiger partial charge in [0.15, 0.2) is 0 Å². The van der Waals surface area contributed by atoms with Crippen molar-refractivity contribution in [2.75, 3.05) is 24.5 Å². The third-order valence-electron chi connectivity index (χ3n) is 4.07. The smallest absolute Gasteiger partial charge is 0.205 e. The predicted octanol–water partition coefficient (Wildman–Crippen LogP) is 1.96. The fourth-order valence-corrected chi connectivity index (χ4v) is 4.01. The zero-order valence-corrected chi connectivity index (χ0v) is 11.2. The molecule has 0 atom stereocenters. The second-order valence-electron chi connectivity index (χ2n) is 5.24. The van der Waals surface area contributed by atoms with E-state index in [1.54, 1.807) is 11.5 Å². The summed E-state index contributed by atoms with van der Waals surface area (Å²) in [7, 11) is 0. The van der Waals surface area contributed by atoms with Gasteiger partial charge in [-0.25, -0.2) is 4.98 Å². The second-order valence-corrected chi connectivity index (χ2v) is 5.97. The molecule has 0 radical (unpaired) electrons. The van der Waals surface area contributed by atoms with Crippen LogP contribution in [0.3, 0.4) is 0 Å². The van der Waals surface area contributed by atoms with Crippen molar-refractivity contribution in [2.45, 2.75) is 44.6 Å². The van der Waals surface area contributed by atoms with Crippen LogP contribution < -0.4 is 10.2 Å². The summed E-state index contributed by atoms with van der Waals surface area (Å²) in [6.07, 6.45) is 6.72. The van der Waals surface area contributed by atoms with E-state index in [4.69, 9.17) is 0 Å². The van der Waals surface area contributed by atoms with Crippen molar-refractivity contribution in [3.63, 3.8) is 0 Å². The van der Waals surface area contributed by atoms with Crippen LogP contribution in [0.2, 0.25) is 0 Å². The van der Waals surface area contributed by atoms with Gasteiger partial charge in [0.05, 0.1) is 5.54 Å². The minimum atomic E-state index is 0.322. The minimum Gasteiger partial charge on any atom is -0.339 e. The summed E-state index contributed by atoms with van der Waals surface area (Å²) in [5, 5.41) is 4.70. The molecule has 0 bridgehead atoms. The van der Waals surface area contributed by atoms with Gasteiger partial charge in [-0.1, -0.05) is 19.3 Å². The highest BCUT2D eigenvalue weighted by atomic mass is 32.1. The van der Waals surface area contributed by atoms with Crippen molar-refractivity contribution in [1.82, 2.24) is 14.7 Å². The lowest BCUT2D eigenvalue weighted by molar-refractivity contribution is 0.241. The van der Waals surface area contributed by atoms with E-state index >= 15 is 0 Å². The van der Waals surface area contributed by atoms with Gasteiger partial charge in [-0.05, 0) is 19.8 Å². The first-order valence-corrected chi connectivity index (χ1v) is 7.36. The lowest BCUT2D eigenvalue weighted by Gasteiger charge is -2.49. The third-order valence-corrected chi connectivity index (χ3v) is 4.90. The first-order chi connectivity index (χ1) is 8.30. The van der Waals surface area contributed by atoms with Crippen LogP contribution in [0.4, 0.5) is 5.13 Å². The molecule has 1 aliphatic carbocycles. The number of nitrogens with zero attached hydrogens (tertiary/aromatic N) is 3. The van der Waals surface area contributed by atoms with E-state index in [2.05, 4.69) is 19.6 Å². The second kappa shape index (κ2) is 4.53. The number of aromatic nitrogens is 2. The average Bonchev–Trinajstić information content (AvgIpc) is 2.77. The van der Waals surface area contributed by atoms with Gasteiger partial charge in [-0.15, -0.1) is 0 Å². The molecule has 0 unspecified atom stereocenters. The molecule has 1 spiro atoms. The van der Waals surface area contributed by atoms with Crippen molar-refractivity contribution in [1.29, 1.82) is 0 Å². The molecular weight excluding hydrogens is 232 g/mol. The lowest BCUT2D eigenvalue weighted by atomic mass is 9.79. The molecule has 2 heterocycles. The Morgan fingerprint density at radius 3 is 2.82 bits per heavy atom. The monoisotopic (exact) mass is 252 g/mol. The van der Waals surface area contributed by atoms with Crippen molar-refractivity contribution < 1.29 is 0 Å². The maximum absolute atomic E-state index is 4.59. The van der Waals surface area contributed by atoms with Crippen molar-refractivity contribution in [3.05, 3.63) is 5.82 Å². The van der Waals surface area contributed by atoms with Crippen LogP contribution in [-0.2, 0) is 0 Å². The SMILES string of the molecule is Cc1nsc(N2CCNCC23CCCCC3)n1. The number of rotatable bonds is 1. The van der Waals surface area contributed by atoms with E-state index in [0.717, 1.165) is 30.6 Å². The van der Waals surface area contributed by atoms with Crippen LogP contribution in [-0.4, -0.2) is 34.5 Å². The van der Waals surface area contributed by atoms with E-state index < -0.39 is 0 Å². The maximum atomic E-state index is 4.59. The van der Waals surface area contributed by atoms with Crippen LogP contribution in [0.5, 0.6) is 0 Å². The number of hydrogen-bond donors (Lipinski definition) is 1. The molecule has 1 N–H and O–H groups in total. The van der Waals surface area contributed by atoms with Crippen molar-refractivity contribution >= 4 is 16.7 Å². The van der Waals surface area contributed by atoms with Crippen LogP contribution >= 0.6 is 11.5 Å². The van der Waals surface area contributed by atoms with Gasteiger partial charge < -0.3 is 10.2 Å². The van der Waals surface area contributed by atoms with Crippen molar-refractivity contribution in [3.8, 4) is 0 Å². The summed E-state index contributed by atoms with van der Waals surface area (Å²) >= 11 is 1.56. The topological polar surface area (TPSA) is 41.1 Å². The molecular formula is C12H20N4S. The summed E-state index contributed by atoms with van der Waals surface area (Å²) in [4.78, 5) is 7.12. The number of nitrogens with one attached hydrogen (secondary N) is 1. The molecule has 1 aromatic rings. The van der Waals surface area contributed by atoms with E-state index in [-0.39, 0.29) is 0 Å². The molecule has 3 rings (SSSR count). The number of anilines is 1. The lowest BCUT2D eigenvalue weighted by Crippen LogP contribution is -2.62. The van der Waals surface area contributed by atoms with Gasteiger partial charge in [-0.3, -0.25) is 0 Å². The Bertz CT molecular complexity index is 375. The molecule has 5 heteroatoms. The van der Waals surface area contributed by atoms with E-state index in [0.29, 0.717) is 5.54 Å². The van der Waals surface area contributed by atoms with E-state index in [1.807, 2.05) is 6.92 Å². The van der Waals surface area contributed by atoms with E-state index in [1.165, 1.54) is 32.1 Å². The normalized spacial score (nSPS) is 24.2. The molecule has 1 aromatic heterocycles. The number of hydrogen-bond acceptors (Lipinski definition) is 5. The Labute approximate surface area is 107 Å². The Kier molecular flexibility index (Phi) is 3.04. The number of aryl methyl sites for hydroxylation is 1. The summed E-state index contributed by atoms with van der Waals surface area (Å²) in [6, 6.07) is 0. The fourth-order valence-electron chi connectivity index (χ4n) is 3.20. The van der Waals surface area contributed by atoms with Gasteiger partial charge in [0.2, 0.25) is 5.13 Å². The fraction of sp³-hybridized carbons (Fsp3) is 0.833. The molecule has 17 heavy (non-hydrogen) atoms. The highest BCUT2D eigenvalue weighted by Crippen LogP contribution is 2.38. The molecule has 0 aromatic carbocycles. The molecule has 94 valence electrons. The Morgan fingerprint density at radius 2 is 2.12 bits per heavy atom. The summed E-state index contributed by atoms with van der Waals surface area (Å²) in [5.41, 5.74) is 0.322. The first kappa shape index (κ1) is 11.4. The van der Waals surface area contributed by atoms with Gasteiger partial charge >= 0.3 is 0 Å². The zero-order chi connectivity index (χ0) is 11.7. The van der Waals surface area contributed by atoms with Crippen LogP contribution in [0.15, 0.2) is 0 Å². The van der Waals surface area contributed by atoms with E-state index in [9.17, 15) is 0 Å². The maximum Gasteiger partial charge on any atom is 0.205 e. The molecule has 4 nitrogen and oxygen atoms in total. The average molecular weight is 252 g/mol. The Hall–Kier alpha value is -0.680. The molecule has 1 saturated heterocycles. The quantitative estimate of drug-likeness (QED) is 0.829. The first-order valence-electron chi connectivity index (χ1n) is 6.59. The molecule has 2 aliphatic rings. The largest absolute Gasteiger partial charge is 0.339 e. The standard InChI is InChI=1S/C12H20N4S/c1-10-14-11(17-15-10)16-8-7-13-9-12(16)5-3-2-4-6-12/h13H,2-9H2,1H3. The zero-order valence-electron chi connectivity index (χ0n) is 10.4. The highest BCUT2D eigenvalue weighted by molar-refractivity contribution is 7.09. The number of piperazine rings is 1. The molecule has 2 fully saturated rings. The van der Waals surface area contributed by atoms with Gasteiger partial charge in [0, 0.05) is 31.2 Å². The summed E-state index contributed by atoms with van der Waals surface area (Å²) < 4.78 is 4.34.